The summed E-state index contributed by atoms with van der Waals surface area (Å²) in [5, 5.41) is 29.0. The van der Waals surface area contributed by atoms with Gasteiger partial charge in [0.2, 0.25) is 5.95 Å². The molecule has 0 amide bonds. The van der Waals surface area contributed by atoms with Gasteiger partial charge in [-0.2, -0.15) is 4.98 Å². The molecule has 10 nitrogen and oxygen atoms in total. The Morgan fingerprint density at radius 3 is 2.71 bits per heavy atom. The second-order valence-corrected chi connectivity index (χ2v) is 5.31. The number of ether oxygens (including phenoxy) is 1. The van der Waals surface area contributed by atoms with Crippen LogP contribution in [0, 0.1) is 0 Å². The van der Waals surface area contributed by atoms with Crippen LogP contribution in [0.1, 0.15) is 6.23 Å². The number of hydrogen-bond donors (Lipinski definition) is 5. The van der Waals surface area contributed by atoms with Crippen LogP contribution in [0.25, 0.3) is 11.2 Å². The number of halogens is 1. The van der Waals surface area contributed by atoms with Gasteiger partial charge in [0, 0.05) is 0 Å². The third-order valence-electron chi connectivity index (χ3n) is 3.30. The van der Waals surface area contributed by atoms with Crippen molar-refractivity contribution in [3.8, 4) is 0 Å². The predicted molar refractivity (Wildman–Crippen MR) is 73.3 cm³/mol. The van der Waals surface area contributed by atoms with Crippen LogP contribution < -0.4 is 11.3 Å². The summed E-state index contributed by atoms with van der Waals surface area (Å²) in [6, 6.07) is 0. The number of aliphatic hydroxyl groups is 3. The summed E-state index contributed by atoms with van der Waals surface area (Å²) in [6.45, 7) is -0.463. The number of aromatic amines is 1. The maximum atomic E-state index is 11.8. The zero-order valence-electron chi connectivity index (χ0n) is 10.5. The fourth-order valence-corrected chi connectivity index (χ4v) is 2.84. The molecule has 1 aliphatic heterocycles. The Balaban J connectivity index is 2.17. The van der Waals surface area contributed by atoms with Gasteiger partial charge in [0.25, 0.3) is 5.56 Å². The number of aromatic nitrogens is 4. The van der Waals surface area contributed by atoms with Crippen LogP contribution in [0.5, 0.6) is 0 Å². The number of rotatable bonds is 2. The lowest BCUT2D eigenvalue weighted by Gasteiger charge is -2.17. The first-order valence-corrected chi connectivity index (χ1v) is 6.79. The second kappa shape index (κ2) is 5.03. The van der Waals surface area contributed by atoms with E-state index in [1.54, 1.807) is 0 Å². The molecule has 3 rings (SSSR count). The Bertz CT molecular complexity index is 745. The Labute approximate surface area is 125 Å². The minimum atomic E-state index is -1.32. The summed E-state index contributed by atoms with van der Waals surface area (Å²) >= 11 is 3.15. The van der Waals surface area contributed by atoms with Crippen LogP contribution in [0.4, 0.5) is 5.95 Å². The summed E-state index contributed by atoms with van der Waals surface area (Å²) in [5.74, 6) is -0.118. The molecule has 0 aliphatic carbocycles. The third-order valence-corrected chi connectivity index (χ3v) is 3.86. The summed E-state index contributed by atoms with van der Waals surface area (Å²) in [7, 11) is 0. The average Bonchev–Trinajstić information content (AvgIpc) is 2.89. The van der Waals surface area contributed by atoms with Crippen molar-refractivity contribution in [1.29, 1.82) is 0 Å². The molecule has 6 N–H and O–H groups in total. The van der Waals surface area contributed by atoms with Gasteiger partial charge in [0.15, 0.2) is 22.1 Å². The van der Waals surface area contributed by atoms with Crippen molar-refractivity contribution in [2.45, 2.75) is 24.5 Å². The van der Waals surface area contributed by atoms with E-state index in [9.17, 15) is 15.0 Å². The minimum absolute atomic E-state index is 0.00816. The van der Waals surface area contributed by atoms with E-state index in [2.05, 4.69) is 30.9 Å². The maximum absolute atomic E-state index is 11.8. The number of fused-ring (bicyclic) bond motifs is 1. The van der Waals surface area contributed by atoms with Crippen molar-refractivity contribution < 1.29 is 20.1 Å². The molecule has 0 aromatic carbocycles. The first-order valence-electron chi connectivity index (χ1n) is 5.99. The summed E-state index contributed by atoms with van der Waals surface area (Å²) in [6.07, 6.45) is -4.61. The van der Waals surface area contributed by atoms with E-state index < -0.39 is 36.7 Å². The summed E-state index contributed by atoms with van der Waals surface area (Å²) < 4.78 is 6.87. The highest BCUT2D eigenvalue weighted by atomic mass is 79.9. The van der Waals surface area contributed by atoms with E-state index in [4.69, 9.17) is 15.6 Å². The van der Waals surface area contributed by atoms with Gasteiger partial charge >= 0.3 is 0 Å². The molecule has 21 heavy (non-hydrogen) atoms. The van der Waals surface area contributed by atoms with Crippen LogP contribution in [0.3, 0.4) is 0 Å². The number of nitrogens with zero attached hydrogens (tertiary/aromatic N) is 3. The molecule has 0 bridgehead atoms. The third kappa shape index (κ3) is 2.13. The van der Waals surface area contributed by atoms with Gasteiger partial charge in [0.05, 0.1) is 6.61 Å². The standard InChI is InChI=1S/C10H12BrN5O5/c11-9-13-3-6(14-10(12)15-7(3)20)16(9)8-5(19)4(18)2(1-17)21-8/h2,4-5,8,17-19H,1H2,(H3,12,14,15,20)/t2-,4-,5-,8+/m0/s1. The fourth-order valence-electron chi connectivity index (χ4n) is 2.29. The van der Waals surface area contributed by atoms with Crippen molar-refractivity contribution in [1.82, 2.24) is 19.5 Å². The predicted octanol–water partition coefficient (Wildman–Crippen LogP) is -1.92. The normalized spacial score (nSPS) is 29.3. The molecule has 114 valence electrons. The molecule has 0 radical (unpaired) electrons. The molecule has 1 saturated heterocycles. The van der Waals surface area contributed by atoms with Crippen molar-refractivity contribution in [2.75, 3.05) is 12.3 Å². The van der Waals surface area contributed by atoms with Gasteiger partial charge < -0.3 is 25.8 Å². The summed E-state index contributed by atoms with van der Waals surface area (Å²) in [5.41, 5.74) is 5.07. The molecule has 4 atom stereocenters. The maximum Gasteiger partial charge on any atom is 0.280 e. The first kappa shape index (κ1) is 14.4. The molecule has 1 aliphatic rings. The molecule has 11 heteroatoms. The van der Waals surface area contributed by atoms with E-state index in [0.29, 0.717) is 0 Å². The Kier molecular flexibility index (Phi) is 3.45. The lowest BCUT2D eigenvalue weighted by molar-refractivity contribution is -0.0521. The summed E-state index contributed by atoms with van der Waals surface area (Å²) in [4.78, 5) is 22.0. The van der Waals surface area contributed by atoms with Crippen molar-refractivity contribution in [3.63, 3.8) is 0 Å². The number of imidazole rings is 1. The van der Waals surface area contributed by atoms with E-state index in [1.807, 2.05) is 0 Å². The number of nitrogen functional groups attached to an aromatic ring is 1. The zero-order chi connectivity index (χ0) is 15.3. The van der Waals surface area contributed by atoms with Crippen molar-refractivity contribution in [2.24, 2.45) is 0 Å². The number of nitrogens with two attached hydrogens (primary N) is 1. The first-order chi connectivity index (χ1) is 9.93. The molecule has 0 saturated carbocycles. The fraction of sp³-hybridized carbons (Fsp3) is 0.500. The van der Waals surface area contributed by atoms with Crippen LogP contribution in [-0.4, -0.2) is 59.8 Å². The van der Waals surface area contributed by atoms with Crippen LogP contribution in [0.2, 0.25) is 0 Å². The van der Waals surface area contributed by atoms with Gasteiger partial charge in [-0.25, -0.2) is 4.98 Å². The van der Waals surface area contributed by atoms with Crippen molar-refractivity contribution >= 4 is 33.0 Å². The molecule has 0 unspecified atom stereocenters. The Morgan fingerprint density at radius 2 is 2.10 bits per heavy atom. The van der Waals surface area contributed by atoms with Crippen LogP contribution >= 0.6 is 15.9 Å². The monoisotopic (exact) mass is 361 g/mol. The SMILES string of the molecule is Nc1nc2c(nc(Br)n2[C@@H]2O[C@@H](CO)[C@H](O)[C@@H]2O)c(=O)[nH]1. The Morgan fingerprint density at radius 1 is 1.38 bits per heavy atom. The van der Waals surface area contributed by atoms with E-state index in [1.165, 1.54) is 4.57 Å². The molecule has 0 spiro atoms. The zero-order valence-corrected chi connectivity index (χ0v) is 12.1. The van der Waals surface area contributed by atoms with Gasteiger partial charge in [-0.3, -0.25) is 14.3 Å². The molecule has 2 aromatic heterocycles. The highest BCUT2D eigenvalue weighted by Gasteiger charge is 2.44. The van der Waals surface area contributed by atoms with Crippen LogP contribution in [0.15, 0.2) is 9.53 Å². The van der Waals surface area contributed by atoms with E-state index >= 15 is 0 Å². The lowest BCUT2D eigenvalue weighted by atomic mass is 10.1. The highest BCUT2D eigenvalue weighted by Crippen LogP contribution is 2.33. The van der Waals surface area contributed by atoms with Gasteiger partial charge in [0.1, 0.15) is 18.3 Å². The minimum Gasteiger partial charge on any atom is -0.394 e. The molecule has 2 aromatic rings. The van der Waals surface area contributed by atoms with Crippen LogP contribution in [-0.2, 0) is 4.74 Å². The van der Waals surface area contributed by atoms with Crippen molar-refractivity contribution in [3.05, 3.63) is 15.1 Å². The molecular weight excluding hydrogens is 350 g/mol. The van der Waals surface area contributed by atoms with Gasteiger partial charge in [-0.05, 0) is 15.9 Å². The van der Waals surface area contributed by atoms with Gasteiger partial charge in [-0.15, -0.1) is 0 Å². The van der Waals surface area contributed by atoms with E-state index in [-0.39, 0.29) is 21.8 Å². The smallest absolute Gasteiger partial charge is 0.280 e. The molecule has 1 fully saturated rings. The second-order valence-electron chi connectivity index (χ2n) is 4.60. The molecule has 3 heterocycles. The quantitative estimate of drug-likeness (QED) is 0.387. The number of anilines is 1. The Hall–Kier alpha value is -1.53. The molecular formula is C10H12BrN5O5. The number of nitrogens with one attached hydrogen (secondary N) is 1. The van der Waals surface area contributed by atoms with Gasteiger partial charge in [-0.1, -0.05) is 0 Å². The number of aliphatic hydroxyl groups excluding tert-OH is 3. The lowest BCUT2D eigenvalue weighted by Crippen LogP contribution is -2.33. The van der Waals surface area contributed by atoms with E-state index in [0.717, 1.165) is 0 Å². The average molecular weight is 362 g/mol. The highest BCUT2D eigenvalue weighted by molar-refractivity contribution is 9.10. The topological polar surface area (TPSA) is 160 Å². The largest absolute Gasteiger partial charge is 0.394 e. The number of H-pyrrole nitrogens is 1. The number of hydrogen-bond acceptors (Lipinski definition) is 8.